The van der Waals surface area contributed by atoms with Gasteiger partial charge in [0.15, 0.2) is 0 Å². The van der Waals surface area contributed by atoms with E-state index in [4.69, 9.17) is 5.73 Å². The molecule has 1 aliphatic rings. The zero-order valence-corrected chi connectivity index (χ0v) is 11.9. The van der Waals surface area contributed by atoms with E-state index in [0.717, 1.165) is 30.4 Å². The molecule has 3 heteroatoms. The van der Waals surface area contributed by atoms with Crippen molar-refractivity contribution in [2.45, 2.75) is 18.9 Å². The monoisotopic (exact) mass is 304 g/mol. The smallest absolute Gasteiger partial charge is 0.0446 e. The minimum atomic E-state index is 0.378. The van der Waals surface area contributed by atoms with E-state index in [1.54, 1.807) is 0 Å². The molecule has 0 unspecified atom stereocenters. The van der Waals surface area contributed by atoms with E-state index in [2.05, 4.69) is 57.2 Å². The number of benzene rings is 2. The Bertz CT molecular complexity index is 559. The van der Waals surface area contributed by atoms with Crippen LogP contribution >= 0.6 is 15.9 Å². The molecule has 94 valence electrons. The fraction of sp³-hybridized carbons (Fsp3) is 0.333. The first-order valence-corrected chi connectivity index (χ1v) is 7.23. The van der Waals surface area contributed by atoms with Crippen molar-refractivity contribution >= 4 is 32.4 Å². The summed E-state index contributed by atoms with van der Waals surface area (Å²) in [4.78, 5) is 2.46. The Morgan fingerprint density at radius 1 is 1.00 bits per heavy atom. The summed E-state index contributed by atoms with van der Waals surface area (Å²) >= 11 is 3.63. The topological polar surface area (TPSA) is 29.3 Å². The first kappa shape index (κ1) is 12.0. The third-order valence-corrected chi connectivity index (χ3v) is 4.42. The fourth-order valence-corrected chi connectivity index (χ4v) is 3.14. The van der Waals surface area contributed by atoms with Gasteiger partial charge in [-0.25, -0.2) is 0 Å². The van der Waals surface area contributed by atoms with Crippen molar-refractivity contribution < 1.29 is 0 Å². The molecule has 0 spiro atoms. The zero-order valence-electron chi connectivity index (χ0n) is 10.3. The average molecular weight is 305 g/mol. The molecule has 2 N–H and O–H groups in total. The van der Waals surface area contributed by atoms with Crippen LogP contribution in [0.2, 0.25) is 0 Å². The van der Waals surface area contributed by atoms with Gasteiger partial charge in [0.2, 0.25) is 0 Å². The van der Waals surface area contributed by atoms with Crippen LogP contribution in [0.25, 0.3) is 10.8 Å². The summed E-state index contributed by atoms with van der Waals surface area (Å²) in [5, 5.41) is 2.60. The Balaban J connectivity index is 2.04. The van der Waals surface area contributed by atoms with Gasteiger partial charge in [0.1, 0.15) is 0 Å². The van der Waals surface area contributed by atoms with Crippen molar-refractivity contribution in [1.82, 2.24) is 0 Å². The number of nitrogens with zero attached hydrogens (tertiary/aromatic N) is 1. The Hall–Kier alpha value is -1.06. The molecule has 0 radical (unpaired) electrons. The van der Waals surface area contributed by atoms with Gasteiger partial charge < -0.3 is 10.6 Å². The minimum absolute atomic E-state index is 0.378. The largest absolute Gasteiger partial charge is 0.371 e. The number of rotatable bonds is 1. The Morgan fingerprint density at radius 3 is 2.39 bits per heavy atom. The number of piperidine rings is 1. The van der Waals surface area contributed by atoms with E-state index in [0.29, 0.717) is 6.04 Å². The summed E-state index contributed by atoms with van der Waals surface area (Å²) in [6.45, 7) is 2.12. The molecule has 2 aromatic carbocycles. The Morgan fingerprint density at radius 2 is 1.67 bits per heavy atom. The summed E-state index contributed by atoms with van der Waals surface area (Å²) < 4.78 is 1.16. The lowest BCUT2D eigenvalue weighted by Crippen LogP contribution is -2.39. The minimum Gasteiger partial charge on any atom is -0.371 e. The Labute approximate surface area is 116 Å². The van der Waals surface area contributed by atoms with Crippen LogP contribution in [0.3, 0.4) is 0 Å². The zero-order chi connectivity index (χ0) is 12.5. The predicted molar refractivity (Wildman–Crippen MR) is 81.1 cm³/mol. The maximum absolute atomic E-state index is 5.98. The van der Waals surface area contributed by atoms with Gasteiger partial charge in [-0.3, -0.25) is 0 Å². The molecule has 2 nitrogen and oxygen atoms in total. The molecular weight excluding hydrogens is 288 g/mol. The number of fused-ring (bicyclic) bond motifs is 1. The van der Waals surface area contributed by atoms with Gasteiger partial charge in [-0.2, -0.15) is 0 Å². The van der Waals surface area contributed by atoms with Gasteiger partial charge in [0, 0.05) is 34.7 Å². The molecular formula is C15H17BrN2. The number of nitrogens with two attached hydrogens (primary N) is 1. The molecule has 3 rings (SSSR count). The van der Waals surface area contributed by atoms with Crippen LogP contribution in [0.1, 0.15) is 12.8 Å². The van der Waals surface area contributed by atoms with Crippen molar-refractivity contribution in [2.75, 3.05) is 18.0 Å². The molecule has 0 atom stereocenters. The fourth-order valence-electron chi connectivity index (χ4n) is 2.66. The predicted octanol–water partition coefficient (Wildman–Crippen LogP) is 3.53. The maximum Gasteiger partial charge on any atom is 0.0446 e. The van der Waals surface area contributed by atoms with E-state index in [9.17, 15) is 0 Å². The van der Waals surface area contributed by atoms with Crippen LogP contribution in [-0.4, -0.2) is 19.1 Å². The SMILES string of the molecule is NC1CCN(c2ccc(Br)c3ccccc23)CC1. The van der Waals surface area contributed by atoms with Crippen LogP contribution in [0.5, 0.6) is 0 Å². The summed E-state index contributed by atoms with van der Waals surface area (Å²) in [7, 11) is 0. The van der Waals surface area contributed by atoms with Gasteiger partial charge in [-0.1, -0.05) is 40.2 Å². The van der Waals surface area contributed by atoms with Gasteiger partial charge in [-0.05, 0) is 30.4 Å². The second kappa shape index (κ2) is 4.90. The average Bonchev–Trinajstić information content (AvgIpc) is 2.41. The lowest BCUT2D eigenvalue weighted by molar-refractivity contribution is 0.502. The number of anilines is 1. The standard InChI is InChI=1S/C15H17BrN2/c16-14-5-6-15(13-4-2-1-3-12(13)14)18-9-7-11(17)8-10-18/h1-6,11H,7-10,17H2. The van der Waals surface area contributed by atoms with Gasteiger partial charge in [-0.15, -0.1) is 0 Å². The molecule has 2 aromatic rings. The molecule has 0 aromatic heterocycles. The molecule has 18 heavy (non-hydrogen) atoms. The molecule has 0 amide bonds. The first-order chi connectivity index (χ1) is 8.75. The molecule has 0 aliphatic carbocycles. The van der Waals surface area contributed by atoms with Gasteiger partial charge in [0.05, 0.1) is 0 Å². The van der Waals surface area contributed by atoms with E-state index >= 15 is 0 Å². The van der Waals surface area contributed by atoms with E-state index in [-0.39, 0.29) is 0 Å². The van der Waals surface area contributed by atoms with Crippen LogP contribution in [-0.2, 0) is 0 Å². The quantitative estimate of drug-likeness (QED) is 0.873. The Kier molecular flexibility index (Phi) is 3.27. The summed E-state index contributed by atoms with van der Waals surface area (Å²) in [6.07, 6.45) is 2.18. The normalized spacial score (nSPS) is 17.3. The lowest BCUT2D eigenvalue weighted by atomic mass is 10.0. The van der Waals surface area contributed by atoms with Crippen LogP contribution in [0.4, 0.5) is 5.69 Å². The highest BCUT2D eigenvalue weighted by Gasteiger charge is 2.18. The van der Waals surface area contributed by atoms with Crippen LogP contribution < -0.4 is 10.6 Å². The summed E-state index contributed by atoms with van der Waals surface area (Å²) in [5.74, 6) is 0. The molecule has 1 heterocycles. The molecule has 0 saturated carbocycles. The maximum atomic E-state index is 5.98. The molecule has 1 saturated heterocycles. The van der Waals surface area contributed by atoms with Gasteiger partial charge in [0.25, 0.3) is 0 Å². The molecule has 0 bridgehead atoms. The van der Waals surface area contributed by atoms with Crippen LogP contribution in [0.15, 0.2) is 40.9 Å². The molecule has 1 aliphatic heterocycles. The van der Waals surface area contributed by atoms with E-state index in [1.807, 2.05) is 0 Å². The second-order valence-electron chi connectivity index (χ2n) is 4.94. The molecule has 1 fully saturated rings. The van der Waals surface area contributed by atoms with Crippen molar-refractivity contribution in [2.24, 2.45) is 5.73 Å². The van der Waals surface area contributed by atoms with E-state index < -0.39 is 0 Å². The third-order valence-electron chi connectivity index (χ3n) is 3.73. The number of hydrogen-bond acceptors (Lipinski definition) is 2. The second-order valence-corrected chi connectivity index (χ2v) is 5.79. The first-order valence-electron chi connectivity index (χ1n) is 6.43. The summed E-state index contributed by atoms with van der Waals surface area (Å²) in [6, 6.07) is 13.3. The van der Waals surface area contributed by atoms with Crippen molar-refractivity contribution in [3.63, 3.8) is 0 Å². The highest BCUT2D eigenvalue weighted by Crippen LogP contribution is 2.33. The summed E-state index contributed by atoms with van der Waals surface area (Å²) in [5.41, 5.74) is 7.31. The van der Waals surface area contributed by atoms with E-state index in [1.165, 1.54) is 16.5 Å². The highest BCUT2D eigenvalue weighted by atomic mass is 79.9. The van der Waals surface area contributed by atoms with Gasteiger partial charge >= 0.3 is 0 Å². The third kappa shape index (κ3) is 2.13. The van der Waals surface area contributed by atoms with Crippen molar-refractivity contribution in [3.05, 3.63) is 40.9 Å². The highest BCUT2D eigenvalue weighted by molar-refractivity contribution is 9.10. The van der Waals surface area contributed by atoms with Crippen molar-refractivity contribution in [1.29, 1.82) is 0 Å². The van der Waals surface area contributed by atoms with Crippen molar-refractivity contribution in [3.8, 4) is 0 Å². The van der Waals surface area contributed by atoms with Crippen LogP contribution in [0, 0.1) is 0 Å². The lowest BCUT2D eigenvalue weighted by Gasteiger charge is -2.33. The number of hydrogen-bond donors (Lipinski definition) is 1. The number of halogens is 1.